The van der Waals surface area contributed by atoms with Gasteiger partial charge in [-0.15, -0.1) is 0 Å². The molecule has 0 saturated heterocycles. The molecule has 0 saturated carbocycles. The summed E-state index contributed by atoms with van der Waals surface area (Å²) in [6, 6.07) is 13.5. The lowest BCUT2D eigenvalue weighted by molar-refractivity contribution is 0.0924. The van der Waals surface area contributed by atoms with E-state index in [0.717, 1.165) is 17.6 Å². The number of carbonyl (C=O) groups excluding carboxylic acids is 1. The summed E-state index contributed by atoms with van der Waals surface area (Å²) < 4.78 is 28.5. The highest BCUT2D eigenvalue weighted by molar-refractivity contribution is 7.90. The predicted octanol–water partition coefficient (Wildman–Crippen LogP) is 2.34. The van der Waals surface area contributed by atoms with Crippen LogP contribution in [0.3, 0.4) is 0 Å². The first-order valence-corrected chi connectivity index (χ1v) is 9.17. The predicted molar refractivity (Wildman–Crippen MR) is 86.3 cm³/mol. The smallest absolute Gasteiger partial charge is 0.251 e. The Hall–Kier alpha value is -2.34. The first-order valence-electron chi connectivity index (χ1n) is 7.28. The van der Waals surface area contributed by atoms with Crippen molar-refractivity contribution in [2.45, 2.75) is 17.4 Å². The minimum absolute atomic E-state index is 0.109. The Balaban J connectivity index is 1.78. The van der Waals surface area contributed by atoms with Crippen LogP contribution in [-0.2, 0) is 9.84 Å². The first kappa shape index (κ1) is 15.6. The summed E-state index contributed by atoms with van der Waals surface area (Å²) in [6.07, 6.45) is 1.84. The molecular weight excluding hydrogens is 314 g/mol. The molecule has 1 unspecified atom stereocenters. The fourth-order valence-corrected chi connectivity index (χ4v) is 3.22. The summed E-state index contributed by atoms with van der Waals surface area (Å²) in [4.78, 5) is 12.6. The van der Waals surface area contributed by atoms with Crippen LogP contribution < -0.4 is 10.1 Å². The van der Waals surface area contributed by atoms with Crippen LogP contribution in [0.2, 0.25) is 0 Å². The summed E-state index contributed by atoms with van der Waals surface area (Å²) in [6.45, 7) is 0.551. The number of sulfone groups is 1. The molecule has 1 heterocycles. The van der Waals surface area contributed by atoms with Crippen molar-refractivity contribution < 1.29 is 17.9 Å². The molecule has 1 N–H and O–H groups in total. The Kier molecular flexibility index (Phi) is 4.09. The van der Waals surface area contributed by atoms with Gasteiger partial charge in [0.15, 0.2) is 9.84 Å². The number of hydrogen-bond donors (Lipinski definition) is 1. The molecule has 3 rings (SSSR count). The second-order valence-electron chi connectivity index (χ2n) is 5.50. The second kappa shape index (κ2) is 6.04. The molecule has 2 aromatic rings. The van der Waals surface area contributed by atoms with E-state index < -0.39 is 9.84 Å². The van der Waals surface area contributed by atoms with Gasteiger partial charge in [-0.2, -0.15) is 0 Å². The molecule has 0 spiro atoms. The maximum atomic E-state index is 12.4. The van der Waals surface area contributed by atoms with Crippen LogP contribution in [0, 0.1) is 0 Å². The molecule has 120 valence electrons. The van der Waals surface area contributed by atoms with Gasteiger partial charge in [0.05, 0.1) is 17.5 Å². The van der Waals surface area contributed by atoms with Gasteiger partial charge in [0, 0.05) is 23.8 Å². The minimum atomic E-state index is -3.26. The number of fused-ring (bicyclic) bond motifs is 1. The molecule has 23 heavy (non-hydrogen) atoms. The zero-order valence-corrected chi connectivity index (χ0v) is 13.5. The molecule has 5 nitrogen and oxygen atoms in total. The van der Waals surface area contributed by atoms with E-state index in [-0.39, 0.29) is 16.8 Å². The number of carbonyl (C=O) groups is 1. The van der Waals surface area contributed by atoms with E-state index in [2.05, 4.69) is 5.32 Å². The third-order valence-electron chi connectivity index (χ3n) is 3.81. The van der Waals surface area contributed by atoms with Crippen molar-refractivity contribution in [2.75, 3.05) is 12.9 Å². The van der Waals surface area contributed by atoms with Crippen LogP contribution in [0.5, 0.6) is 5.75 Å². The molecule has 6 heteroatoms. The minimum Gasteiger partial charge on any atom is -0.493 e. The van der Waals surface area contributed by atoms with Crippen LogP contribution in [0.25, 0.3) is 0 Å². The van der Waals surface area contributed by atoms with Gasteiger partial charge < -0.3 is 10.1 Å². The third-order valence-corrected chi connectivity index (χ3v) is 4.94. The zero-order chi connectivity index (χ0) is 16.4. The van der Waals surface area contributed by atoms with Gasteiger partial charge in [-0.05, 0) is 30.3 Å². The van der Waals surface area contributed by atoms with E-state index in [1.165, 1.54) is 24.3 Å². The average molecular weight is 331 g/mol. The van der Waals surface area contributed by atoms with Crippen molar-refractivity contribution in [3.8, 4) is 5.75 Å². The van der Waals surface area contributed by atoms with Crippen LogP contribution >= 0.6 is 0 Å². The second-order valence-corrected chi connectivity index (χ2v) is 7.51. The Morgan fingerprint density at radius 2 is 1.83 bits per heavy atom. The molecule has 0 radical (unpaired) electrons. The molecule has 1 aliphatic heterocycles. The fourth-order valence-electron chi connectivity index (χ4n) is 2.59. The quantitative estimate of drug-likeness (QED) is 0.937. The number of nitrogens with one attached hydrogen (secondary N) is 1. The average Bonchev–Trinajstić information content (AvgIpc) is 2.54. The topological polar surface area (TPSA) is 72.5 Å². The van der Waals surface area contributed by atoms with Gasteiger partial charge in [0.1, 0.15) is 5.75 Å². The lowest BCUT2D eigenvalue weighted by atomic mass is 10.00. The number of para-hydroxylation sites is 1. The van der Waals surface area contributed by atoms with Gasteiger partial charge in [0.25, 0.3) is 5.91 Å². The number of rotatable bonds is 3. The highest BCUT2D eigenvalue weighted by Gasteiger charge is 2.23. The fraction of sp³-hybridized carbons (Fsp3) is 0.235. The molecule has 0 fully saturated rings. The maximum Gasteiger partial charge on any atom is 0.251 e. The number of benzene rings is 2. The van der Waals surface area contributed by atoms with Gasteiger partial charge in [0.2, 0.25) is 0 Å². The van der Waals surface area contributed by atoms with Crippen molar-refractivity contribution in [3.05, 3.63) is 59.7 Å². The summed E-state index contributed by atoms with van der Waals surface area (Å²) in [5, 5.41) is 2.98. The molecule has 0 aliphatic carbocycles. The van der Waals surface area contributed by atoms with Crippen molar-refractivity contribution in [2.24, 2.45) is 0 Å². The lowest BCUT2D eigenvalue weighted by Gasteiger charge is -2.26. The third kappa shape index (κ3) is 3.37. The number of ether oxygens (including phenoxy) is 1. The van der Waals surface area contributed by atoms with Crippen LogP contribution in [0.1, 0.15) is 28.4 Å². The Bertz CT molecular complexity index is 828. The molecule has 1 amide bonds. The molecule has 0 aromatic heterocycles. The van der Waals surface area contributed by atoms with Crippen molar-refractivity contribution in [3.63, 3.8) is 0 Å². The van der Waals surface area contributed by atoms with E-state index in [1.807, 2.05) is 24.3 Å². The molecule has 1 aliphatic rings. The maximum absolute atomic E-state index is 12.4. The Morgan fingerprint density at radius 3 is 2.52 bits per heavy atom. The summed E-state index contributed by atoms with van der Waals surface area (Å²) >= 11 is 0. The van der Waals surface area contributed by atoms with Crippen molar-refractivity contribution in [1.29, 1.82) is 0 Å². The van der Waals surface area contributed by atoms with E-state index >= 15 is 0 Å². The number of hydrogen-bond acceptors (Lipinski definition) is 4. The van der Waals surface area contributed by atoms with E-state index in [9.17, 15) is 13.2 Å². The summed E-state index contributed by atoms with van der Waals surface area (Å²) in [5.41, 5.74) is 1.39. The van der Waals surface area contributed by atoms with Crippen molar-refractivity contribution in [1.82, 2.24) is 5.32 Å². The molecule has 0 bridgehead atoms. The van der Waals surface area contributed by atoms with Crippen LogP contribution in [-0.4, -0.2) is 27.2 Å². The monoisotopic (exact) mass is 331 g/mol. The van der Waals surface area contributed by atoms with Gasteiger partial charge in [-0.1, -0.05) is 18.2 Å². The van der Waals surface area contributed by atoms with Gasteiger partial charge >= 0.3 is 0 Å². The SMILES string of the molecule is CS(=O)(=O)c1ccc(C(=O)NC2CCOc3ccccc32)cc1. The van der Waals surface area contributed by atoms with Crippen LogP contribution in [0.4, 0.5) is 0 Å². The van der Waals surface area contributed by atoms with Gasteiger partial charge in [-0.3, -0.25) is 4.79 Å². The Morgan fingerprint density at radius 1 is 1.13 bits per heavy atom. The first-order chi connectivity index (χ1) is 10.9. The molecular formula is C17H17NO4S. The van der Waals surface area contributed by atoms with E-state index in [0.29, 0.717) is 18.6 Å². The van der Waals surface area contributed by atoms with Crippen LogP contribution in [0.15, 0.2) is 53.4 Å². The lowest BCUT2D eigenvalue weighted by Crippen LogP contribution is -2.32. The molecule has 1 atom stereocenters. The summed E-state index contributed by atoms with van der Waals surface area (Å²) in [5.74, 6) is 0.559. The summed E-state index contributed by atoms with van der Waals surface area (Å²) in [7, 11) is -3.26. The van der Waals surface area contributed by atoms with Crippen molar-refractivity contribution >= 4 is 15.7 Å². The van der Waals surface area contributed by atoms with E-state index in [1.54, 1.807) is 0 Å². The number of amides is 1. The standard InChI is InChI=1S/C17H17NO4S/c1-23(20,21)13-8-6-12(7-9-13)17(19)18-15-10-11-22-16-5-3-2-4-14(15)16/h2-9,15H,10-11H2,1H3,(H,18,19). The zero-order valence-electron chi connectivity index (χ0n) is 12.7. The molecule has 2 aromatic carbocycles. The Labute approximate surface area is 135 Å². The highest BCUT2D eigenvalue weighted by atomic mass is 32.2. The normalized spacial score (nSPS) is 17.0. The highest BCUT2D eigenvalue weighted by Crippen LogP contribution is 2.31. The van der Waals surface area contributed by atoms with E-state index in [4.69, 9.17) is 4.74 Å². The largest absolute Gasteiger partial charge is 0.493 e. The van der Waals surface area contributed by atoms with Gasteiger partial charge in [-0.25, -0.2) is 8.42 Å².